The van der Waals surface area contributed by atoms with E-state index in [4.69, 9.17) is 4.74 Å². The van der Waals surface area contributed by atoms with Crippen LogP contribution in [0.5, 0.6) is 5.75 Å². The third-order valence-corrected chi connectivity index (χ3v) is 6.01. The summed E-state index contributed by atoms with van der Waals surface area (Å²) in [5.74, 6) is 1.86. The summed E-state index contributed by atoms with van der Waals surface area (Å²) in [6, 6.07) is 17.9. The van der Waals surface area contributed by atoms with Crippen molar-refractivity contribution in [1.82, 2.24) is 19.9 Å². The van der Waals surface area contributed by atoms with Gasteiger partial charge in [-0.3, -0.25) is 4.79 Å². The van der Waals surface area contributed by atoms with Crippen LogP contribution in [0.2, 0.25) is 0 Å². The molecule has 0 aliphatic carbocycles. The van der Waals surface area contributed by atoms with Crippen LogP contribution in [0.3, 0.4) is 0 Å². The standard InChI is InChI=1S/C25H25N5O2/c1-32-20-8-6-18(7-9-20)23-15-24(28-17-27-23)29-10-12-30(13-11-29)25(31)14-19-16-26-22-5-3-2-4-21(19)22/h2-9,15-17,26H,10-14H2,1H3. The lowest BCUT2D eigenvalue weighted by Gasteiger charge is -2.35. The number of piperazine rings is 1. The quantitative estimate of drug-likeness (QED) is 0.528. The average molecular weight is 428 g/mol. The molecule has 0 bridgehead atoms. The highest BCUT2D eigenvalue weighted by Gasteiger charge is 2.23. The number of rotatable bonds is 5. The molecule has 0 unspecified atom stereocenters. The van der Waals surface area contributed by atoms with Crippen LogP contribution in [-0.4, -0.2) is 59.0 Å². The van der Waals surface area contributed by atoms with Gasteiger partial charge in [-0.2, -0.15) is 0 Å². The van der Waals surface area contributed by atoms with E-state index in [1.54, 1.807) is 13.4 Å². The van der Waals surface area contributed by atoms with Gasteiger partial charge in [-0.25, -0.2) is 9.97 Å². The first kappa shape index (κ1) is 20.1. The number of aromatic nitrogens is 3. The molecule has 1 fully saturated rings. The van der Waals surface area contributed by atoms with Gasteiger partial charge in [0.05, 0.1) is 19.2 Å². The van der Waals surface area contributed by atoms with Crippen molar-refractivity contribution in [2.45, 2.75) is 6.42 Å². The van der Waals surface area contributed by atoms with Gasteiger partial charge in [-0.15, -0.1) is 0 Å². The lowest BCUT2D eigenvalue weighted by molar-refractivity contribution is -0.130. The molecule has 3 heterocycles. The Morgan fingerprint density at radius 1 is 1.03 bits per heavy atom. The maximum atomic E-state index is 12.9. The molecule has 7 nitrogen and oxygen atoms in total. The number of benzene rings is 2. The van der Waals surface area contributed by atoms with E-state index in [1.165, 1.54) is 0 Å². The maximum absolute atomic E-state index is 12.9. The minimum Gasteiger partial charge on any atom is -0.497 e. The molecule has 1 aliphatic rings. The molecule has 7 heteroatoms. The van der Waals surface area contributed by atoms with Crippen LogP contribution >= 0.6 is 0 Å². The van der Waals surface area contributed by atoms with E-state index in [9.17, 15) is 4.79 Å². The Kier molecular flexibility index (Phi) is 5.46. The second kappa shape index (κ2) is 8.70. The number of nitrogens with zero attached hydrogens (tertiary/aromatic N) is 4. The van der Waals surface area contributed by atoms with Crippen LogP contribution in [0.15, 0.2) is 67.1 Å². The number of methoxy groups -OCH3 is 1. The SMILES string of the molecule is COc1ccc(-c2cc(N3CCN(C(=O)Cc4c[nH]c5ccccc45)CC3)ncn2)cc1. The molecule has 4 aromatic rings. The summed E-state index contributed by atoms with van der Waals surface area (Å²) in [6.07, 6.45) is 3.96. The van der Waals surface area contributed by atoms with Crippen molar-refractivity contribution >= 4 is 22.6 Å². The molecule has 2 aromatic carbocycles. The number of fused-ring (bicyclic) bond motifs is 1. The number of carbonyl (C=O) groups excluding carboxylic acids is 1. The van der Waals surface area contributed by atoms with Crippen molar-refractivity contribution in [2.24, 2.45) is 0 Å². The highest BCUT2D eigenvalue weighted by Crippen LogP contribution is 2.24. The van der Waals surface area contributed by atoms with Crippen LogP contribution in [-0.2, 0) is 11.2 Å². The predicted molar refractivity (Wildman–Crippen MR) is 125 cm³/mol. The van der Waals surface area contributed by atoms with Gasteiger partial charge in [0, 0.05) is 54.9 Å². The number of nitrogens with one attached hydrogen (secondary N) is 1. The first-order chi connectivity index (χ1) is 15.7. The number of hydrogen-bond donors (Lipinski definition) is 1. The summed E-state index contributed by atoms with van der Waals surface area (Å²) in [6.45, 7) is 2.86. The van der Waals surface area contributed by atoms with E-state index >= 15 is 0 Å². The fourth-order valence-corrected chi connectivity index (χ4v) is 4.18. The number of hydrogen-bond acceptors (Lipinski definition) is 5. The second-order valence-electron chi connectivity index (χ2n) is 7.89. The zero-order valence-corrected chi connectivity index (χ0v) is 18.0. The summed E-state index contributed by atoms with van der Waals surface area (Å²) in [5.41, 5.74) is 4.00. The molecule has 32 heavy (non-hydrogen) atoms. The smallest absolute Gasteiger partial charge is 0.227 e. The number of ether oxygens (including phenoxy) is 1. The van der Waals surface area contributed by atoms with Crippen LogP contribution in [0.4, 0.5) is 5.82 Å². The van der Waals surface area contributed by atoms with Gasteiger partial charge < -0.3 is 19.5 Å². The molecular weight excluding hydrogens is 402 g/mol. The van der Waals surface area contributed by atoms with E-state index in [-0.39, 0.29) is 5.91 Å². The summed E-state index contributed by atoms with van der Waals surface area (Å²) in [7, 11) is 1.66. The zero-order valence-electron chi connectivity index (χ0n) is 18.0. The van der Waals surface area contributed by atoms with E-state index in [1.807, 2.05) is 59.6 Å². The molecule has 1 N–H and O–H groups in total. The van der Waals surface area contributed by atoms with Gasteiger partial charge in [-0.05, 0) is 35.9 Å². The van der Waals surface area contributed by atoms with Crippen molar-refractivity contribution in [3.05, 3.63) is 72.7 Å². The molecule has 2 aromatic heterocycles. The van der Waals surface area contributed by atoms with E-state index in [0.717, 1.165) is 52.4 Å². The van der Waals surface area contributed by atoms with Crippen LogP contribution < -0.4 is 9.64 Å². The predicted octanol–water partition coefficient (Wildman–Crippen LogP) is 3.52. The lowest BCUT2D eigenvalue weighted by atomic mass is 10.1. The highest BCUT2D eigenvalue weighted by molar-refractivity contribution is 5.89. The van der Waals surface area contributed by atoms with Gasteiger partial charge in [0.15, 0.2) is 0 Å². The molecule has 0 saturated carbocycles. The highest BCUT2D eigenvalue weighted by atomic mass is 16.5. The van der Waals surface area contributed by atoms with Crippen LogP contribution in [0.25, 0.3) is 22.2 Å². The van der Waals surface area contributed by atoms with E-state index < -0.39 is 0 Å². The van der Waals surface area contributed by atoms with Gasteiger partial charge in [0.25, 0.3) is 0 Å². The summed E-state index contributed by atoms with van der Waals surface area (Å²) in [4.78, 5) is 29.2. The molecule has 0 atom stereocenters. The number of para-hydroxylation sites is 1. The normalized spacial score (nSPS) is 14.0. The maximum Gasteiger partial charge on any atom is 0.227 e. The van der Waals surface area contributed by atoms with Crippen molar-refractivity contribution in [3.8, 4) is 17.0 Å². The van der Waals surface area contributed by atoms with Crippen molar-refractivity contribution in [2.75, 3.05) is 38.2 Å². The zero-order chi connectivity index (χ0) is 21.9. The van der Waals surface area contributed by atoms with Gasteiger partial charge in [0.1, 0.15) is 17.9 Å². The molecule has 1 saturated heterocycles. The minimum absolute atomic E-state index is 0.163. The third-order valence-electron chi connectivity index (χ3n) is 6.01. The summed E-state index contributed by atoms with van der Waals surface area (Å²) >= 11 is 0. The lowest BCUT2D eigenvalue weighted by Crippen LogP contribution is -2.49. The van der Waals surface area contributed by atoms with Gasteiger partial charge in [-0.1, -0.05) is 18.2 Å². The third kappa shape index (κ3) is 4.01. The van der Waals surface area contributed by atoms with Crippen molar-refractivity contribution in [1.29, 1.82) is 0 Å². The number of amides is 1. The first-order valence-electron chi connectivity index (χ1n) is 10.8. The molecule has 5 rings (SSSR count). The Morgan fingerprint density at radius 3 is 2.59 bits per heavy atom. The van der Waals surface area contributed by atoms with Crippen LogP contribution in [0, 0.1) is 0 Å². The Bertz CT molecular complexity index is 1230. The topological polar surface area (TPSA) is 74.3 Å². The van der Waals surface area contributed by atoms with Gasteiger partial charge in [0.2, 0.25) is 5.91 Å². The number of carbonyl (C=O) groups is 1. The Labute approximate surface area is 186 Å². The van der Waals surface area contributed by atoms with Gasteiger partial charge >= 0.3 is 0 Å². The number of aromatic amines is 1. The first-order valence-corrected chi connectivity index (χ1v) is 10.8. The summed E-state index contributed by atoms with van der Waals surface area (Å²) < 4.78 is 5.23. The Balaban J connectivity index is 1.23. The molecule has 1 aliphatic heterocycles. The van der Waals surface area contributed by atoms with E-state index in [0.29, 0.717) is 19.5 Å². The van der Waals surface area contributed by atoms with Crippen molar-refractivity contribution in [3.63, 3.8) is 0 Å². The van der Waals surface area contributed by atoms with E-state index in [2.05, 4.69) is 25.9 Å². The Morgan fingerprint density at radius 2 is 1.81 bits per heavy atom. The average Bonchev–Trinajstić information content (AvgIpc) is 3.27. The summed E-state index contributed by atoms with van der Waals surface area (Å²) in [5, 5.41) is 1.12. The van der Waals surface area contributed by atoms with Crippen molar-refractivity contribution < 1.29 is 9.53 Å². The molecular formula is C25H25N5O2. The largest absolute Gasteiger partial charge is 0.497 e. The fraction of sp³-hybridized carbons (Fsp3) is 0.240. The Hall–Kier alpha value is -3.87. The second-order valence-corrected chi connectivity index (χ2v) is 7.89. The molecule has 162 valence electrons. The molecule has 1 amide bonds. The minimum atomic E-state index is 0.163. The molecule has 0 spiro atoms. The monoisotopic (exact) mass is 427 g/mol. The fourth-order valence-electron chi connectivity index (χ4n) is 4.18. The molecule has 0 radical (unpaired) electrons. The van der Waals surface area contributed by atoms with Crippen LogP contribution in [0.1, 0.15) is 5.56 Å². The number of H-pyrrole nitrogens is 1. The number of anilines is 1.